The highest BCUT2D eigenvalue weighted by molar-refractivity contribution is 9.10. The maximum absolute atomic E-state index is 12.5. The lowest BCUT2D eigenvalue weighted by molar-refractivity contribution is 0.00915. The summed E-state index contributed by atoms with van der Waals surface area (Å²) >= 11 is 3.45. The SMILES string of the molecule is CC[C@@H](c1ccc(Br)cc1)N1CCC(c2ccccc2)OC1=O. The molecule has 120 valence electrons. The first kappa shape index (κ1) is 16.1. The third kappa shape index (κ3) is 3.58. The molecule has 1 amide bonds. The zero-order valence-electron chi connectivity index (χ0n) is 13.1. The maximum Gasteiger partial charge on any atom is 0.410 e. The smallest absolute Gasteiger partial charge is 0.410 e. The molecule has 1 aliphatic rings. The molecule has 2 aromatic carbocycles. The zero-order valence-corrected chi connectivity index (χ0v) is 14.7. The van der Waals surface area contributed by atoms with Crippen molar-refractivity contribution in [3.05, 3.63) is 70.2 Å². The van der Waals surface area contributed by atoms with Crippen molar-refractivity contribution in [2.45, 2.75) is 31.9 Å². The van der Waals surface area contributed by atoms with E-state index in [1.165, 1.54) is 0 Å². The summed E-state index contributed by atoms with van der Waals surface area (Å²) in [7, 11) is 0. The number of hydrogen-bond acceptors (Lipinski definition) is 2. The first-order valence-corrected chi connectivity index (χ1v) is 8.76. The van der Waals surface area contributed by atoms with Gasteiger partial charge in [0.2, 0.25) is 0 Å². The van der Waals surface area contributed by atoms with Gasteiger partial charge in [0.15, 0.2) is 0 Å². The molecule has 2 aromatic rings. The summed E-state index contributed by atoms with van der Waals surface area (Å²) in [5.74, 6) is 0. The summed E-state index contributed by atoms with van der Waals surface area (Å²) in [6.07, 6.45) is 1.33. The van der Waals surface area contributed by atoms with E-state index in [1.807, 2.05) is 47.4 Å². The Morgan fingerprint density at radius 2 is 1.87 bits per heavy atom. The van der Waals surface area contributed by atoms with Gasteiger partial charge in [0.1, 0.15) is 6.10 Å². The van der Waals surface area contributed by atoms with Gasteiger partial charge in [-0.25, -0.2) is 4.79 Å². The Morgan fingerprint density at radius 3 is 2.48 bits per heavy atom. The minimum absolute atomic E-state index is 0.0623. The van der Waals surface area contributed by atoms with Crippen LogP contribution >= 0.6 is 15.9 Å². The van der Waals surface area contributed by atoms with Crippen LogP contribution in [0.1, 0.15) is 43.0 Å². The minimum atomic E-state index is -0.222. The van der Waals surface area contributed by atoms with Gasteiger partial charge < -0.3 is 9.64 Å². The van der Waals surface area contributed by atoms with Crippen molar-refractivity contribution in [3.63, 3.8) is 0 Å². The normalized spacial score (nSPS) is 19.3. The van der Waals surface area contributed by atoms with Gasteiger partial charge in [-0.05, 0) is 29.7 Å². The number of ether oxygens (including phenoxy) is 1. The topological polar surface area (TPSA) is 29.5 Å². The average Bonchev–Trinajstić information content (AvgIpc) is 2.59. The van der Waals surface area contributed by atoms with Crippen molar-refractivity contribution >= 4 is 22.0 Å². The number of carbonyl (C=O) groups excluding carboxylic acids is 1. The average molecular weight is 374 g/mol. The molecule has 3 nitrogen and oxygen atoms in total. The third-order valence-electron chi connectivity index (χ3n) is 4.30. The number of benzene rings is 2. The molecule has 0 bridgehead atoms. The Bertz CT molecular complexity index is 657. The number of carbonyl (C=O) groups is 1. The first-order chi connectivity index (χ1) is 11.2. The van der Waals surface area contributed by atoms with Crippen LogP contribution in [0.3, 0.4) is 0 Å². The second-order valence-corrected chi connectivity index (χ2v) is 6.66. The summed E-state index contributed by atoms with van der Waals surface area (Å²) in [4.78, 5) is 14.4. The van der Waals surface area contributed by atoms with E-state index in [0.717, 1.165) is 28.4 Å². The Kier molecular flexibility index (Phi) is 5.01. The Hall–Kier alpha value is -1.81. The molecule has 0 aliphatic carbocycles. The summed E-state index contributed by atoms with van der Waals surface area (Å²) in [5.41, 5.74) is 2.21. The van der Waals surface area contributed by atoms with Crippen molar-refractivity contribution in [1.82, 2.24) is 4.90 Å². The molecule has 1 saturated heterocycles. The number of nitrogens with zero attached hydrogens (tertiary/aromatic N) is 1. The van der Waals surface area contributed by atoms with Crippen molar-refractivity contribution in [1.29, 1.82) is 0 Å². The molecule has 0 radical (unpaired) electrons. The zero-order chi connectivity index (χ0) is 16.2. The summed E-state index contributed by atoms with van der Waals surface area (Å²) in [5, 5.41) is 0. The van der Waals surface area contributed by atoms with Crippen molar-refractivity contribution in [2.24, 2.45) is 0 Å². The van der Waals surface area contributed by atoms with Crippen molar-refractivity contribution in [2.75, 3.05) is 6.54 Å². The fourth-order valence-electron chi connectivity index (χ4n) is 3.10. The molecule has 1 unspecified atom stereocenters. The standard InChI is InChI=1S/C19H20BrNO2/c1-2-17(14-8-10-16(20)11-9-14)21-13-12-18(23-19(21)22)15-6-4-3-5-7-15/h3-11,17-18H,2,12-13H2,1H3/t17-,18?/m0/s1. The molecule has 0 saturated carbocycles. The molecule has 0 aromatic heterocycles. The molecule has 0 N–H and O–H groups in total. The van der Waals surface area contributed by atoms with E-state index in [4.69, 9.17) is 4.74 Å². The van der Waals surface area contributed by atoms with Gasteiger partial charge in [0.05, 0.1) is 6.04 Å². The second kappa shape index (κ2) is 7.18. The fourth-order valence-corrected chi connectivity index (χ4v) is 3.37. The molecular formula is C19H20BrNO2. The lowest BCUT2D eigenvalue weighted by atomic mass is 10.0. The van der Waals surface area contributed by atoms with Crippen LogP contribution in [0.4, 0.5) is 4.79 Å². The van der Waals surface area contributed by atoms with Crippen LogP contribution in [0.5, 0.6) is 0 Å². The first-order valence-electron chi connectivity index (χ1n) is 7.96. The predicted octanol–water partition coefficient (Wildman–Crippen LogP) is 5.48. The maximum atomic E-state index is 12.5. The number of hydrogen-bond donors (Lipinski definition) is 0. The van der Waals surface area contributed by atoms with Gasteiger partial charge >= 0.3 is 6.09 Å². The molecule has 23 heavy (non-hydrogen) atoms. The van der Waals surface area contributed by atoms with E-state index in [9.17, 15) is 4.79 Å². The fraction of sp³-hybridized carbons (Fsp3) is 0.316. The highest BCUT2D eigenvalue weighted by Gasteiger charge is 2.32. The summed E-state index contributed by atoms with van der Waals surface area (Å²) in [6.45, 7) is 2.82. The van der Waals surface area contributed by atoms with Gasteiger partial charge in [-0.1, -0.05) is 65.3 Å². The highest BCUT2D eigenvalue weighted by Crippen LogP contribution is 2.33. The molecule has 1 aliphatic heterocycles. The van der Waals surface area contributed by atoms with Crippen LogP contribution < -0.4 is 0 Å². The van der Waals surface area contributed by atoms with Gasteiger partial charge in [-0.3, -0.25) is 0 Å². The van der Waals surface area contributed by atoms with E-state index >= 15 is 0 Å². The van der Waals surface area contributed by atoms with Crippen LogP contribution in [0.25, 0.3) is 0 Å². The largest absolute Gasteiger partial charge is 0.441 e. The molecule has 3 rings (SSSR count). The minimum Gasteiger partial charge on any atom is -0.441 e. The lowest BCUT2D eigenvalue weighted by Crippen LogP contribution is -2.41. The Balaban J connectivity index is 1.74. The van der Waals surface area contributed by atoms with E-state index in [0.29, 0.717) is 6.54 Å². The monoisotopic (exact) mass is 373 g/mol. The van der Waals surface area contributed by atoms with E-state index in [-0.39, 0.29) is 18.2 Å². The van der Waals surface area contributed by atoms with E-state index in [1.54, 1.807) is 0 Å². The Labute approximate surface area is 145 Å². The summed E-state index contributed by atoms with van der Waals surface area (Å²) < 4.78 is 6.73. The van der Waals surface area contributed by atoms with Crippen LogP contribution in [-0.4, -0.2) is 17.5 Å². The number of rotatable bonds is 4. The van der Waals surface area contributed by atoms with E-state index in [2.05, 4.69) is 35.0 Å². The van der Waals surface area contributed by atoms with E-state index < -0.39 is 0 Å². The van der Waals surface area contributed by atoms with Crippen molar-refractivity contribution < 1.29 is 9.53 Å². The van der Waals surface area contributed by atoms with Crippen LogP contribution in [0, 0.1) is 0 Å². The number of halogens is 1. The van der Waals surface area contributed by atoms with Crippen LogP contribution in [0.15, 0.2) is 59.1 Å². The van der Waals surface area contributed by atoms with Gasteiger partial charge in [-0.2, -0.15) is 0 Å². The van der Waals surface area contributed by atoms with Crippen LogP contribution in [-0.2, 0) is 4.74 Å². The predicted molar refractivity (Wildman–Crippen MR) is 94.2 cm³/mol. The Morgan fingerprint density at radius 1 is 1.17 bits per heavy atom. The molecule has 0 spiro atoms. The lowest BCUT2D eigenvalue weighted by Gasteiger charge is -2.37. The molecular weight excluding hydrogens is 354 g/mol. The van der Waals surface area contributed by atoms with Gasteiger partial charge in [-0.15, -0.1) is 0 Å². The quantitative estimate of drug-likeness (QED) is 0.709. The molecule has 4 heteroatoms. The number of cyclic esters (lactones) is 1. The number of amides is 1. The second-order valence-electron chi connectivity index (χ2n) is 5.74. The van der Waals surface area contributed by atoms with Gasteiger partial charge in [0, 0.05) is 17.4 Å². The van der Waals surface area contributed by atoms with Crippen molar-refractivity contribution in [3.8, 4) is 0 Å². The molecule has 2 atom stereocenters. The van der Waals surface area contributed by atoms with Gasteiger partial charge in [0.25, 0.3) is 0 Å². The third-order valence-corrected chi connectivity index (χ3v) is 4.83. The summed E-state index contributed by atoms with van der Waals surface area (Å²) in [6, 6.07) is 18.2. The highest BCUT2D eigenvalue weighted by atomic mass is 79.9. The molecule has 1 fully saturated rings. The molecule has 1 heterocycles. The van der Waals surface area contributed by atoms with Crippen LogP contribution in [0.2, 0.25) is 0 Å².